The van der Waals surface area contributed by atoms with Gasteiger partial charge in [0.1, 0.15) is 80.4 Å². The second kappa shape index (κ2) is 31.6. The molecule has 0 aromatic heterocycles. The van der Waals surface area contributed by atoms with E-state index in [4.69, 9.17) is 56.8 Å². The third-order valence-corrected chi connectivity index (χ3v) is 13.2. The van der Waals surface area contributed by atoms with Crippen LogP contribution in [0.3, 0.4) is 0 Å². The number of rotatable bonds is 28. The minimum atomic E-state index is -0.864. The van der Waals surface area contributed by atoms with E-state index < -0.39 is 89.2 Å². The van der Waals surface area contributed by atoms with Crippen LogP contribution >= 0.6 is 0 Å². The smallest absolute Gasteiger partial charge is 0.342 e. The van der Waals surface area contributed by atoms with E-state index in [1.807, 2.05) is 0 Å². The quantitative estimate of drug-likeness (QED) is 0.0328. The Morgan fingerprint density at radius 3 is 1.16 bits per heavy atom. The zero-order valence-electron chi connectivity index (χ0n) is 43.3. The van der Waals surface area contributed by atoms with Gasteiger partial charge in [0.25, 0.3) is 0 Å². The predicted molar refractivity (Wildman–Crippen MR) is 265 cm³/mol. The van der Waals surface area contributed by atoms with Crippen LogP contribution in [0.4, 0.5) is 0 Å². The molecule has 3 saturated carbocycles. The molecule has 0 saturated heterocycles. The number of hydrogen-bond donors (Lipinski definition) is 0. The highest BCUT2D eigenvalue weighted by molar-refractivity contribution is 5.95. The van der Waals surface area contributed by atoms with Crippen molar-refractivity contribution in [2.24, 2.45) is 35.5 Å². The summed E-state index contributed by atoms with van der Waals surface area (Å²) >= 11 is 0. The maximum absolute atomic E-state index is 13.5. The normalized spacial score (nSPS) is 19.9. The van der Waals surface area contributed by atoms with E-state index in [1.54, 1.807) is 0 Å². The molecular weight excluding hydrogens is 1010 g/mol. The minimum absolute atomic E-state index is 0.0107. The summed E-state index contributed by atoms with van der Waals surface area (Å²) in [5.41, 5.74) is -0.280. The van der Waals surface area contributed by atoms with Crippen molar-refractivity contribution in [2.75, 3.05) is 73.7 Å². The third-order valence-electron chi connectivity index (χ3n) is 13.2. The summed E-state index contributed by atoms with van der Waals surface area (Å²) in [6.45, 7) is 5.77. The first-order valence-electron chi connectivity index (χ1n) is 25.5. The molecule has 418 valence electrons. The minimum Gasteiger partial charge on any atom is -0.485 e. The Kier molecular flexibility index (Phi) is 24.8. The highest BCUT2D eigenvalue weighted by Gasteiger charge is 2.36. The fourth-order valence-electron chi connectivity index (χ4n) is 8.83. The lowest BCUT2D eigenvalue weighted by Gasteiger charge is -2.26. The average Bonchev–Trinajstić information content (AvgIpc) is 3.45. The molecule has 3 fully saturated rings. The number of methoxy groups -OCH3 is 2. The summed E-state index contributed by atoms with van der Waals surface area (Å²) < 4.78 is 63.6. The molecule has 0 heterocycles. The number of esters is 9. The van der Waals surface area contributed by atoms with Crippen LogP contribution in [0, 0.1) is 35.5 Å². The van der Waals surface area contributed by atoms with Crippen LogP contribution in [0.1, 0.15) is 97.8 Å². The standard InChI is InChI=1S/C55H66O22/c1-5-47(57)68-27-29-70-49(59)35-9-7-34(8-10-35)44(56)33-74-45-21-19-40(31-42(45)54(64)72-25-23-66-3)75-51(61)37-15-17-38(18-16-37)52(62)76-41-20-22-46(43(32-41)55(65)73-26-24-67-4)77-53(63)39-13-11-36(12-14-39)50(60)71-30-28-69-48(58)6-2/h5-6,19-22,31-32,34-39H,1-2,7-18,23-30,33H2,3-4H3. The maximum atomic E-state index is 13.5. The highest BCUT2D eigenvalue weighted by atomic mass is 16.6. The Labute approximate surface area is 445 Å². The van der Waals surface area contributed by atoms with Crippen molar-refractivity contribution in [3.05, 3.63) is 72.8 Å². The first kappa shape index (κ1) is 60.4. The van der Waals surface area contributed by atoms with Gasteiger partial charge in [-0.1, -0.05) is 13.2 Å². The van der Waals surface area contributed by atoms with Crippen LogP contribution in [0.5, 0.6) is 23.0 Å². The van der Waals surface area contributed by atoms with Gasteiger partial charge in [-0.15, -0.1) is 0 Å². The number of ether oxygens (including phenoxy) is 12. The Bertz CT molecular complexity index is 2420. The van der Waals surface area contributed by atoms with E-state index in [-0.39, 0.29) is 125 Å². The van der Waals surface area contributed by atoms with Crippen molar-refractivity contribution in [1.82, 2.24) is 0 Å². The van der Waals surface area contributed by atoms with E-state index >= 15 is 0 Å². The molecule has 0 aliphatic heterocycles. The molecule has 0 spiro atoms. The zero-order chi connectivity index (χ0) is 55.7. The molecular formula is C55H66O22. The number of Topliss-reactive ketones (excluding diaryl/α,β-unsaturated/α-hetero) is 1. The van der Waals surface area contributed by atoms with Gasteiger partial charge in [-0.3, -0.25) is 28.8 Å². The first-order valence-corrected chi connectivity index (χ1v) is 25.5. The Hall–Kier alpha value is -7.46. The zero-order valence-corrected chi connectivity index (χ0v) is 43.3. The lowest BCUT2D eigenvalue weighted by molar-refractivity contribution is -0.155. The van der Waals surface area contributed by atoms with Crippen molar-refractivity contribution in [3.8, 4) is 23.0 Å². The van der Waals surface area contributed by atoms with Crippen LogP contribution in [0.15, 0.2) is 61.7 Å². The SMILES string of the molecule is C=CC(=O)OCCOC(=O)C1CCC(C(=O)COc2ccc(OC(=O)C3CCC(C(=O)Oc4ccc(OC(=O)C5CCC(C(=O)OCCOC(=O)C=C)CC5)c(C(=O)OCCOC)c4)CC3)cc2C(=O)OCCOC)CC1. The summed E-state index contributed by atoms with van der Waals surface area (Å²) in [4.78, 5) is 127. The van der Waals surface area contributed by atoms with Gasteiger partial charge in [0.15, 0.2) is 5.78 Å². The lowest BCUT2D eigenvalue weighted by Crippen LogP contribution is -2.30. The van der Waals surface area contributed by atoms with Gasteiger partial charge in [-0.2, -0.15) is 0 Å². The molecule has 0 unspecified atom stereocenters. The van der Waals surface area contributed by atoms with E-state index in [0.29, 0.717) is 51.4 Å². The van der Waals surface area contributed by atoms with Crippen LogP contribution in [0.2, 0.25) is 0 Å². The molecule has 0 N–H and O–H groups in total. The van der Waals surface area contributed by atoms with Crippen molar-refractivity contribution in [3.63, 3.8) is 0 Å². The molecule has 22 nitrogen and oxygen atoms in total. The van der Waals surface area contributed by atoms with Crippen molar-refractivity contribution in [2.45, 2.75) is 77.0 Å². The van der Waals surface area contributed by atoms with Crippen LogP contribution < -0.4 is 18.9 Å². The van der Waals surface area contributed by atoms with E-state index in [2.05, 4.69) is 13.2 Å². The molecule has 2 aromatic rings. The second-order valence-corrected chi connectivity index (χ2v) is 18.3. The molecule has 77 heavy (non-hydrogen) atoms. The number of carbonyl (C=O) groups is 10. The summed E-state index contributed by atoms with van der Waals surface area (Å²) in [6, 6.07) is 8.01. The van der Waals surface area contributed by atoms with Crippen molar-refractivity contribution in [1.29, 1.82) is 0 Å². The van der Waals surface area contributed by atoms with Crippen LogP contribution in [-0.2, 0) is 76.3 Å². The molecule has 0 atom stereocenters. The lowest BCUT2D eigenvalue weighted by atomic mass is 9.80. The number of benzene rings is 2. The first-order chi connectivity index (χ1) is 37.1. The van der Waals surface area contributed by atoms with Gasteiger partial charge in [0, 0.05) is 32.3 Å². The topological polar surface area (TPSA) is 281 Å². The summed E-state index contributed by atoms with van der Waals surface area (Å²) in [5.74, 6) is -9.15. The Morgan fingerprint density at radius 1 is 0.416 bits per heavy atom. The molecule has 0 amide bonds. The van der Waals surface area contributed by atoms with E-state index in [0.717, 1.165) is 12.2 Å². The van der Waals surface area contributed by atoms with E-state index in [9.17, 15) is 47.9 Å². The van der Waals surface area contributed by atoms with Gasteiger partial charge in [-0.25, -0.2) is 19.2 Å². The fourth-order valence-corrected chi connectivity index (χ4v) is 8.83. The molecule has 0 radical (unpaired) electrons. The van der Waals surface area contributed by atoms with E-state index in [1.165, 1.54) is 50.6 Å². The Morgan fingerprint density at radius 2 is 0.753 bits per heavy atom. The molecule has 22 heteroatoms. The monoisotopic (exact) mass is 1080 g/mol. The summed E-state index contributed by atoms with van der Waals surface area (Å²) in [5, 5.41) is 0. The number of carbonyl (C=O) groups excluding carboxylic acids is 10. The van der Waals surface area contributed by atoms with Crippen molar-refractivity contribution >= 4 is 59.5 Å². The molecule has 3 aliphatic carbocycles. The van der Waals surface area contributed by atoms with Gasteiger partial charge in [-0.05, 0) is 113 Å². The molecule has 0 bridgehead atoms. The largest absolute Gasteiger partial charge is 0.485 e. The predicted octanol–water partition coefficient (Wildman–Crippen LogP) is 5.62. The van der Waals surface area contributed by atoms with Crippen LogP contribution in [0.25, 0.3) is 0 Å². The molecule has 3 aliphatic rings. The van der Waals surface area contributed by atoms with Crippen molar-refractivity contribution < 1.29 is 105 Å². The number of ketones is 1. The Balaban J connectivity index is 1.12. The summed E-state index contributed by atoms with van der Waals surface area (Å²) in [7, 11) is 2.86. The van der Waals surface area contributed by atoms with Gasteiger partial charge in [0.05, 0.1) is 42.8 Å². The molecule has 5 rings (SSSR count). The average molecular weight is 1080 g/mol. The van der Waals surface area contributed by atoms with Gasteiger partial charge < -0.3 is 56.8 Å². The fraction of sp³-hybridized carbons (Fsp3) is 0.527. The maximum Gasteiger partial charge on any atom is 0.342 e. The third kappa shape index (κ3) is 19.3. The summed E-state index contributed by atoms with van der Waals surface area (Å²) in [6.07, 6.45) is 5.98. The van der Waals surface area contributed by atoms with Crippen LogP contribution in [-0.4, -0.2) is 133 Å². The molecule has 2 aromatic carbocycles. The highest BCUT2D eigenvalue weighted by Crippen LogP contribution is 2.36. The van der Waals surface area contributed by atoms with Gasteiger partial charge in [0.2, 0.25) is 0 Å². The number of hydrogen-bond acceptors (Lipinski definition) is 22. The second-order valence-electron chi connectivity index (χ2n) is 18.3. The van der Waals surface area contributed by atoms with Gasteiger partial charge >= 0.3 is 53.7 Å².